The number of guanidine groups is 1. The van der Waals surface area contributed by atoms with E-state index in [-0.39, 0.29) is 36.4 Å². The van der Waals surface area contributed by atoms with Crippen molar-refractivity contribution in [2.24, 2.45) is 4.99 Å². The molecule has 0 aliphatic rings. The van der Waals surface area contributed by atoms with E-state index < -0.39 is 0 Å². The van der Waals surface area contributed by atoms with Gasteiger partial charge in [0, 0.05) is 20.7 Å². The number of aliphatic imine (C=N–C) groups is 1. The molecule has 1 heterocycles. The Kier molecular flexibility index (Phi) is 10.8. The molecule has 0 saturated heterocycles. The normalized spacial score (nSPS) is 10.6. The Hall–Kier alpha value is -1.29. The summed E-state index contributed by atoms with van der Waals surface area (Å²) in [6.07, 6.45) is 1.61. The van der Waals surface area contributed by atoms with E-state index >= 15 is 0 Å². The van der Waals surface area contributed by atoms with Gasteiger partial charge >= 0.3 is 0 Å². The lowest BCUT2D eigenvalue weighted by Crippen LogP contribution is -2.43. The van der Waals surface area contributed by atoms with Gasteiger partial charge in [-0.1, -0.05) is 0 Å². The van der Waals surface area contributed by atoms with E-state index in [0.29, 0.717) is 25.7 Å². The highest BCUT2D eigenvalue weighted by Gasteiger charge is 2.03. The Morgan fingerprint density at radius 2 is 2.20 bits per heavy atom. The summed E-state index contributed by atoms with van der Waals surface area (Å²) in [5.74, 6) is 1.23. The number of nitrogens with zero attached hydrogens (tertiary/aromatic N) is 1. The lowest BCUT2D eigenvalue weighted by molar-refractivity contribution is -0.120. The van der Waals surface area contributed by atoms with Crippen LogP contribution in [0.3, 0.4) is 0 Å². The second kappa shape index (κ2) is 11.5. The van der Waals surface area contributed by atoms with Crippen molar-refractivity contribution in [2.75, 3.05) is 33.9 Å². The van der Waals surface area contributed by atoms with Crippen LogP contribution in [0.2, 0.25) is 0 Å². The van der Waals surface area contributed by atoms with Crippen molar-refractivity contribution in [3.05, 3.63) is 24.2 Å². The fourth-order valence-corrected chi connectivity index (χ4v) is 1.32. The third kappa shape index (κ3) is 8.00. The average Bonchev–Trinajstić information content (AvgIpc) is 2.92. The molecule has 0 radical (unpaired) electrons. The van der Waals surface area contributed by atoms with Gasteiger partial charge in [0.15, 0.2) is 5.96 Å². The van der Waals surface area contributed by atoms with E-state index in [2.05, 4.69) is 20.9 Å². The Labute approximate surface area is 135 Å². The molecular formula is C12H21IN4O3. The molecule has 3 N–H and O–H groups in total. The van der Waals surface area contributed by atoms with Crippen molar-refractivity contribution in [3.8, 4) is 0 Å². The molecule has 0 saturated carbocycles. The molecule has 1 aromatic heterocycles. The van der Waals surface area contributed by atoms with Gasteiger partial charge < -0.3 is 25.1 Å². The number of halogens is 1. The highest BCUT2D eigenvalue weighted by Crippen LogP contribution is 1.97. The topological polar surface area (TPSA) is 87.9 Å². The summed E-state index contributed by atoms with van der Waals surface area (Å²) in [6, 6.07) is 3.67. The standard InChI is InChI=1S/C12H20N4O3.HI/c1-13-12(15-8-10-4-3-6-19-10)16-9-11(17)14-5-7-18-2;/h3-4,6H,5,7-9H2,1-2H3,(H,14,17)(H2,13,15,16);1H. The van der Waals surface area contributed by atoms with E-state index in [9.17, 15) is 4.79 Å². The zero-order chi connectivity index (χ0) is 13.9. The van der Waals surface area contributed by atoms with Crippen LogP contribution in [0.25, 0.3) is 0 Å². The van der Waals surface area contributed by atoms with Crippen LogP contribution in [-0.4, -0.2) is 45.7 Å². The molecule has 0 atom stereocenters. The summed E-state index contributed by atoms with van der Waals surface area (Å²) in [5.41, 5.74) is 0. The summed E-state index contributed by atoms with van der Waals surface area (Å²) in [6.45, 7) is 1.66. The number of rotatable bonds is 7. The number of ether oxygens (including phenoxy) is 1. The first-order valence-electron chi connectivity index (χ1n) is 5.98. The number of furan rings is 1. The summed E-state index contributed by atoms with van der Waals surface area (Å²) in [7, 11) is 3.23. The molecule has 0 bridgehead atoms. The van der Waals surface area contributed by atoms with Gasteiger partial charge in [-0.05, 0) is 12.1 Å². The highest BCUT2D eigenvalue weighted by molar-refractivity contribution is 14.0. The first kappa shape index (κ1) is 18.7. The van der Waals surface area contributed by atoms with Crippen molar-refractivity contribution in [2.45, 2.75) is 6.54 Å². The Morgan fingerprint density at radius 3 is 2.80 bits per heavy atom. The maximum absolute atomic E-state index is 11.4. The minimum atomic E-state index is -0.113. The first-order chi connectivity index (χ1) is 9.26. The van der Waals surface area contributed by atoms with Gasteiger partial charge in [0.2, 0.25) is 5.91 Å². The van der Waals surface area contributed by atoms with Gasteiger partial charge in [0.1, 0.15) is 5.76 Å². The highest BCUT2D eigenvalue weighted by atomic mass is 127. The van der Waals surface area contributed by atoms with Crippen LogP contribution in [0.1, 0.15) is 5.76 Å². The summed E-state index contributed by atoms with van der Waals surface area (Å²) in [4.78, 5) is 15.4. The maximum atomic E-state index is 11.4. The van der Waals surface area contributed by atoms with Crippen molar-refractivity contribution >= 4 is 35.8 Å². The second-order valence-corrected chi connectivity index (χ2v) is 3.70. The predicted octanol–water partition coefficient (Wildman–Crippen LogP) is 0.325. The van der Waals surface area contributed by atoms with Crippen LogP contribution < -0.4 is 16.0 Å². The molecule has 114 valence electrons. The summed E-state index contributed by atoms with van der Waals surface area (Å²) >= 11 is 0. The largest absolute Gasteiger partial charge is 0.467 e. The van der Waals surface area contributed by atoms with Crippen LogP contribution in [0, 0.1) is 0 Å². The molecule has 0 unspecified atom stereocenters. The maximum Gasteiger partial charge on any atom is 0.239 e. The SMILES string of the molecule is CN=C(NCC(=O)NCCOC)NCc1ccco1.I. The smallest absolute Gasteiger partial charge is 0.239 e. The van der Waals surface area contributed by atoms with Gasteiger partial charge in [-0.15, -0.1) is 24.0 Å². The summed E-state index contributed by atoms with van der Waals surface area (Å²) < 4.78 is 10.0. The molecule has 0 aromatic carbocycles. The average molecular weight is 396 g/mol. The van der Waals surface area contributed by atoms with Gasteiger partial charge in [0.05, 0.1) is 26.0 Å². The first-order valence-corrected chi connectivity index (χ1v) is 5.98. The van der Waals surface area contributed by atoms with Crippen molar-refractivity contribution in [1.82, 2.24) is 16.0 Å². The van der Waals surface area contributed by atoms with Crippen molar-refractivity contribution < 1.29 is 13.9 Å². The number of hydrogen-bond acceptors (Lipinski definition) is 4. The van der Waals surface area contributed by atoms with Crippen molar-refractivity contribution in [3.63, 3.8) is 0 Å². The van der Waals surface area contributed by atoms with E-state index in [4.69, 9.17) is 9.15 Å². The van der Waals surface area contributed by atoms with E-state index in [1.54, 1.807) is 20.4 Å². The fourth-order valence-electron chi connectivity index (χ4n) is 1.32. The third-order valence-electron chi connectivity index (χ3n) is 2.28. The lowest BCUT2D eigenvalue weighted by atomic mass is 10.4. The Morgan fingerprint density at radius 1 is 1.40 bits per heavy atom. The van der Waals surface area contributed by atoms with Gasteiger partial charge in [0.25, 0.3) is 0 Å². The monoisotopic (exact) mass is 396 g/mol. The van der Waals surface area contributed by atoms with Crippen LogP contribution >= 0.6 is 24.0 Å². The number of methoxy groups -OCH3 is 1. The zero-order valence-corrected chi connectivity index (χ0v) is 14.0. The molecule has 0 spiro atoms. The molecule has 8 heteroatoms. The molecule has 0 aliphatic heterocycles. The van der Waals surface area contributed by atoms with Gasteiger partial charge in [-0.3, -0.25) is 9.79 Å². The predicted molar refractivity (Wildman–Crippen MR) is 87.2 cm³/mol. The number of hydrogen-bond donors (Lipinski definition) is 3. The molecule has 1 amide bonds. The van der Waals surface area contributed by atoms with E-state index in [1.165, 1.54) is 0 Å². The molecule has 1 aromatic rings. The number of carbonyl (C=O) groups excluding carboxylic acids is 1. The van der Waals surface area contributed by atoms with Crippen LogP contribution in [0.5, 0.6) is 0 Å². The molecular weight excluding hydrogens is 375 g/mol. The molecule has 1 rings (SSSR count). The Balaban J connectivity index is 0.00000361. The molecule has 7 nitrogen and oxygen atoms in total. The minimum absolute atomic E-state index is 0. The minimum Gasteiger partial charge on any atom is -0.467 e. The van der Waals surface area contributed by atoms with Gasteiger partial charge in [-0.25, -0.2) is 0 Å². The lowest BCUT2D eigenvalue weighted by Gasteiger charge is -2.10. The number of carbonyl (C=O) groups is 1. The van der Waals surface area contributed by atoms with Gasteiger partial charge in [-0.2, -0.15) is 0 Å². The quantitative estimate of drug-likeness (QED) is 0.268. The van der Waals surface area contributed by atoms with Crippen LogP contribution in [0.15, 0.2) is 27.8 Å². The van der Waals surface area contributed by atoms with E-state index in [0.717, 1.165) is 5.76 Å². The van der Waals surface area contributed by atoms with Crippen LogP contribution in [0.4, 0.5) is 0 Å². The zero-order valence-electron chi connectivity index (χ0n) is 11.6. The van der Waals surface area contributed by atoms with E-state index in [1.807, 2.05) is 12.1 Å². The molecule has 0 aliphatic carbocycles. The molecule has 0 fully saturated rings. The Bertz CT molecular complexity index is 395. The van der Waals surface area contributed by atoms with Crippen molar-refractivity contribution in [1.29, 1.82) is 0 Å². The van der Waals surface area contributed by atoms with Crippen LogP contribution in [-0.2, 0) is 16.1 Å². The third-order valence-corrected chi connectivity index (χ3v) is 2.28. The summed E-state index contributed by atoms with van der Waals surface area (Å²) in [5, 5.41) is 8.64. The molecule has 20 heavy (non-hydrogen) atoms. The number of nitrogens with one attached hydrogen (secondary N) is 3. The second-order valence-electron chi connectivity index (χ2n) is 3.70. The fraction of sp³-hybridized carbons (Fsp3) is 0.500. The number of amides is 1.